The van der Waals surface area contributed by atoms with Gasteiger partial charge in [0.15, 0.2) is 12.4 Å². The molecule has 0 spiro atoms. The van der Waals surface area contributed by atoms with E-state index < -0.39 is 74.2 Å². The molecule has 0 aromatic heterocycles. The number of nitrogens with one attached hydrogen (secondary N) is 1. The molecular weight excluding hydrogens is 444 g/mol. The minimum absolute atomic E-state index is 0.250. The molecule has 9 atom stereocenters. The predicted octanol–water partition coefficient (Wildman–Crippen LogP) is -4.34. The fraction of sp³-hybridized carbons (Fsp3) is 0.950. The summed E-state index contributed by atoms with van der Waals surface area (Å²) < 4.78 is 10.4. The van der Waals surface area contributed by atoms with Gasteiger partial charge in [-0.1, -0.05) is 25.7 Å². The van der Waals surface area contributed by atoms with Gasteiger partial charge in [-0.15, -0.1) is 0 Å². The van der Waals surface area contributed by atoms with Crippen molar-refractivity contribution in [3.8, 4) is 0 Å². The zero-order valence-corrected chi connectivity index (χ0v) is 18.6. The van der Waals surface area contributed by atoms with Crippen molar-refractivity contribution in [2.24, 2.45) is 5.73 Å². The van der Waals surface area contributed by atoms with E-state index in [1.807, 2.05) is 0 Å². The van der Waals surface area contributed by atoms with Gasteiger partial charge in [0.1, 0.15) is 42.7 Å². The van der Waals surface area contributed by atoms with Crippen LogP contribution in [0.15, 0.2) is 0 Å². The molecule has 1 amide bonds. The second-order valence-corrected chi connectivity index (χ2v) is 8.18. The first kappa shape index (κ1) is 30.1. The molecule has 0 radical (unpaired) electrons. The van der Waals surface area contributed by atoms with Crippen molar-refractivity contribution in [1.82, 2.24) is 5.32 Å². The third-order valence-electron chi connectivity index (χ3n) is 5.56. The number of aliphatic hydroxyl groups is 8. The molecule has 0 bridgehead atoms. The Morgan fingerprint density at radius 2 is 1.55 bits per heavy atom. The standard InChI is InChI=1S/C20H40N2O11/c21-7-5-3-1-2-4-6-8-22-19(31)16(29)15(28)18(11(25)9-23)33-20-17(30)14(27)13(26)12(10-24)32-20/h11-18,20,23-30H,1-10,21H2,(H,22,31). The van der Waals surface area contributed by atoms with E-state index in [1.54, 1.807) is 0 Å². The van der Waals surface area contributed by atoms with Gasteiger partial charge in [0.05, 0.1) is 13.2 Å². The molecule has 0 aliphatic carbocycles. The molecule has 1 aliphatic heterocycles. The zero-order chi connectivity index (χ0) is 25.0. The monoisotopic (exact) mass is 484 g/mol. The molecule has 1 rings (SSSR count). The molecule has 1 heterocycles. The lowest BCUT2D eigenvalue weighted by atomic mass is 9.98. The van der Waals surface area contributed by atoms with Crippen LogP contribution in [0.25, 0.3) is 0 Å². The fourth-order valence-electron chi connectivity index (χ4n) is 3.46. The van der Waals surface area contributed by atoms with Crippen LogP contribution in [0.4, 0.5) is 0 Å². The molecule has 33 heavy (non-hydrogen) atoms. The average molecular weight is 485 g/mol. The van der Waals surface area contributed by atoms with Crippen LogP contribution in [-0.2, 0) is 14.3 Å². The number of ether oxygens (including phenoxy) is 2. The Bertz CT molecular complexity index is 542. The molecule has 0 aromatic rings. The van der Waals surface area contributed by atoms with E-state index >= 15 is 0 Å². The Kier molecular flexibility index (Phi) is 14.4. The summed E-state index contributed by atoms with van der Waals surface area (Å²) in [6.45, 7) is -0.765. The maximum absolute atomic E-state index is 12.2. The summed E-state index contributed by atoms with van der Waals surface area (Å²) >= 11 is 0. The van der Waals surface area contributed by atoms with E-state index in [0.717, 1.165) is 32.1 Å². The van der Waals surface area contributed by atoms with Crippen LogP contribution in [0.2, 0.25) is 0 Å². The van der Waals surface area contributed by atoms with Gasteiger partial charge in [-0.25, -0.2) is 0 Å². The van der Waals surface area contributed by atoms with Crippen LogP contribution in [0.5, 0.6) is 0 Å². The SMILES string of the molecule is NCCCCCCCCNC(=O)C(O)C(O)C(OC1OC(CO)C(O)C(O)C1O)C(O)CO. The van der Waals surface area contributed by atoms with Crippen molar-refractivity contribution < 1.29 is 55.1 Å². The first-order valence-corrected chi connectivity index (χ1v) is 11.3. The smallest absolute Gasteiger partial charge is 0.251 e. The fourth-order valence-corrected chi connectivity index (χ4v) is 3.46. The lowest BCUT2D eigenvalue weighted by Crippen LogP contribution is -2.62. The summed E-state index contributed by atoms with van der Waals surface area (Å²) in [5, 5.41) is 81.4. The molecule has 1 fully saturated rings. The van der Waals surface area contributed by atoms with Crippen LogP contribution in [0, 0.1) is 0 Å². The van der Waals surface area contributed by atoms with Crippen LogP contribution in [-0.4, -0.2) is 128 Å². The third-order valence-corrected chi connectivity index (χ3v) is 5.56. The van der Waals surface area contributed by atoms with E-state index in [1.165, 1.54) is 0 Å². The number of unbranched alkanes of at least 4 members (excludes halogenated alkanes) is 5. The van der Waals surface area contributed by atoms with Crippen molar-refractivity contribution in [1.29, 1.82) is 0 Å². The summed E-state index contributed by atoms with van der Waals surface area (Å²) in [6, 6.07) is 0. The Hall–Kier alpha value is -0.970. The summed E-state index contributed by atoms with van der Waals surface area (Å²) in [5.41, 5.74) is 5.43. The van der Waals surface area contributed by atoms with Crippen LogP contribution >= 0.6 is 0 Å². The van der Waals surface area contributed by atoms with Crippen molar-refractivity contribution in [3.05, 3.63) is 0 Å². The van der Waals surface area contributed by atoms with Crippen molar-refractivity contribution in [2.75, 3.05) is 26.3 Å². The highest BCUT2D eigenvalue weighted by Crippen LogP contribution is 2.25. The van der Waals surface area contributed by atoms with E-state index in [2.05, 4.69) is 5.32 Å². The topological polar surface area (TPSA) is 235 Å². The highest BCUT2D eigenvalue weighted by molar-refractivity contribution is 5.81. The minimum atomic E-state index is -2.05. The highest BCUT2D eigenvalue weighted by Gasteiger charge is 2.47. The predicted molar refractivity (Wildman–Crippen MR) is 114 cm³/mol. The molecule has 11 N–H and O–H groups in total. The molecule has 9 unspecified atom stereocenters. The van der Waals surface area contributed by atoms with Gasteiger partial charge in [0.25, 0.3) is 5.91 Å². The number of amides is 1. The summed E-state index contributed by atoms with van der Waals surface area (Å²) in [4.78, 5) is 12.2. The summed E-state index contributed by atoms with van der Waals surface area (Å²) in [5.74, 6) is -0.932. The van der Waals surface area contributed by atoms with Crippen molar-refractivity contribution in [2.45, 2.75) is 93.6 Å². The largest absolute Gasteiger partial charge is 0.394 e. The molecule has 13 nitrogen and oxygen atoms in total. The molecule has 0 aromatic carbocycles. The zero-order valence-electron chi connectivity index (χ0n) is 18.6. The van der Waals surface area contributed by atoms with Gasteiger partial charge in [-0.2, -0.15) is 0 Å². The van der Waals surface area contributed by atoms with Gasteiger partial charge >= 0.3 is 0 Å². The van der Waals surface area contributed by atoms with Crippen molar-refractivity contribution in [3.63, 3.8) is 0 Å². The average Bonchev–Trinajstić information content (AvgIpc) is 2.82. The van der Waals surface area contributed by atoms with E-state index in [9.17, 15) is 45.6 Å². The number of nitrogens with two attached hydrogens (primary N) is 1. The Morgan fingerprint density at radius 3 is 2.12 bits per heavy atom. The quantitative estimate of drug-likeness (QED) is 0.0936. The highest BCUT2D eigenvalue weighted by atomic mass is 16.7. The van der Waals surface area contributed by atoms with Gasteiger partial charge in [0.2, 0.25) is 0 Å². The number of aliphatic hydroxyl groups excluding tert-OH is 8. The van der Waals surface area contributed by atoms with Gasteiger partial charge in [-0.3, -0.25) is 4.79 Å². The van der Waals surface area contributed by atoms with E-state index in [4.69, 9.17) is 15.2 Å². The molecule has 0 saturated carbocycles. The molecule has 1 saturated heterocycles. The summed E-state index contributed by atoms with van der Waals surface area (Å²) in [6.07, 6.45) is -10.6. The molecule has 196 valence electrons. The third kappa shape index (κ3) is 9.30. The van der Waals surface area contributed by atoms with E-state index in [-0.39, 0.29) is 6.54 Å². The lowest BCUT2D eigenvalue weighted by Gasteiger charge is -2.42. The van der Waals surface area contributed by atoms with Gasteiger partial charge in [-0.05, 0) is 19.4 Å². The number of hydrogen-bond acceptors (Lipinski definition) is 12. The van der Waals surface area contributed by atoms with Crippen LogP contribution in [0.1, 0.15) is 38.5 Å². The normalized spacial score (nSPS) is 29.3. The lowest BCUT2D eigenvalue weighted by molar-refractivity contribution is -0.326. The second-order valence-electron chi connectivity index (χ2n) is 8.18. The number of hydrogen-bond donors (Lipinski definition) is 10. The van der Waals surface area contributed by atoms with E-state index in [0.29, 0.717) is 13.0 Å². The van der Waals surface area contributed by atoms with Crippen LogP contribution in [0.3, 0.4) is 0 Å². The number of rotatable bonds is 16. The molecular formula is C20H40N2O11. The van der Waals surface area contributed by atoms with Gasteiger partial charge in [0, 0.05) is 6.54 Å². The molecule has 1 aliphatic rings. The maximum atomic E-state index is 12.2. The maximum Gasteiger partial charge on any atom is 0.251 e. The minimum Gasteiger partial charge on any atom is -0.394 e. The number of carbonyl (C=O) groups is 1. The first-order valence-electron chi connectivity index (χ1n) is 11.3. The Morgan fingerprint density at radius 1 is 0.939 bits per heavy atom. The summed E-state index contributed by atoms with van der Waals surface area (Å²) in [7, 11) is 0. The van der Waals surface area contributed by atoms with Crippen molar-refractivity contribution >= 4 is 5.91 Å². The van der Waals surface area contributed by atoms with Crippen LogP contribution < -0.4 is 11.1 Å². The first-order chi connectivity index (χ1) is 15.7. The van der Waals surface area contributed by atoms with Gasteiger partial charge < -0.3 is 61.4 Å². The Labute approximate surface area is 192 Å². The Balaban J connectivity index is 2.63. The second kappa shape index (κ2) is 15.8. The number of carbonyl (C=O) groups excluding carboxylic acids is 1. The molecule has 13 heteroatoms.